The highest BCUT2D eigenvalue weighted by Gasteiger charge is 2.33. The van der Waals surface area contributed by atoms with E-state index >= 15 is 0 Å². The van der Waals surface area contributed by atoms with E-state index in [9.17, 15) is 4.39 Å². The second-order valence-corrected chi connectivity index (χ2v) is 9.35. The number of benzene rings is 3. The Morgan fingerprint density at radius 1 is 0.972 bits per heavy atom. The average molecular weight is 499 g/mol. The summed E-state index contributed by atoms with van der Waals surface area (Å²) in [7, 11) is 0. The molecule has 0 saturated carbocycles. The molecule has 5 rings (SSSR count). The molecule has 1 N–H and O–H groups in total. The molecule has 0 bridgehead atoms. The molecule has 0 saturated heterocycles. The van der Waals surface area contributed by atoms with Crippen molar-refractivity contribution in [3.05, 3.63) is 113 Å². The maximum absolute atomic E-state index is 13.4. The molecule has 0 spiro atoms. The van der Waals surface area contributed by atoms with Gasteiger partial charge in [0.15, 0.2) is 5.11 Å². The molecule has 1 aliphatic heterocycles. The number of nitrogens with one attached hydrogen (secondary N) is 1. The molecule has 0 radical (unpaired) electrons. The molecule has 0 aliphatic carbocycles. The number of nitrogens with zero attached hydrogens (tertiary/aromatic N) is 3. The number of hydrogen-bond acceptors (Lipinski definition) is 4. The first kappa shape index (κ1) is 23.9. The third-order valence-electron chi connectivity index (χ3n) is 6.46. The molecule has 182 valence electrons. The van der Waals surface area contributed by atoms with E-state index in [0.29, 0.717) is 22.4 Å². The molecular weight excluding hydrogens is 471 g/mol. The van der Waals surface area contributed by atoms with E-state index in [0.717, 1.165) is 36.2 Å². The lowest BCUT2D eigenvalue weighted by atomic mass is 9.94. The fraction of sp³-hybridized carbons (Fsp3) is 0.207. The summed E-state index contributed by atoms with van der Waals surface area (Å²) in [6.07, 6.45) is 1.90. The van der Waals surface area contributed by atoms with Crippen molar-refractivity contribution in [2.75, 3.05) is 6.54 Å². The second kappa shape index (κ2) is 10.4. The van der Waals surface area contributed by atoms with Gasteiger partial charge in [-0.2, -0.15) is 4.98 Å². The summed E-state index contributed by atoms with van der Waals surface area (Å²) in [4.78, 5) is 6.81. The van der Waals surface area contributed by atoms with Crippen molar-refractivity contribution < 1.29 is 8.91 Å². The van der Waals surface area contributed by atoms with Crippen LogP contribution in [0, 0.1) is 12.7 Å². The minimum atomic E-state index is -0.309. The Labute approximate surface area is 215 Å². The lowest BCUT2D eigenvalue weighted by Crippen LogP contribution is -2.46. The molecule has 0 fully saturated rings. The summed E-state index contributed by atoms with van der Waals surface area (Å²) in [5.74, 6) is 0.522. The normalized spacial score (nSPS) is 15.8. The first-order chi connectivity index (χ1) is 17.5. The first-order valence-corrected chi connectivity index (χ1v) is 12.4. The maximum atomic E-state index is 13.4. The van der Waals surface area contributed by atoms with Crippen molar-refractivity contribution in [1.29, 1.82) is 0 Å². The highest BCUT2D eigenvalue weighted by Crippen LogP contribution is 2.37. The molecule has 3 aromatic carbocycles. The van der Waals surface area contributed by atoms with Crippen molar-refractivity contribution in [1.82, 2.24) is 20.4 Å². The Kier molecular flexibility index (Phi) is 6.91. The third-order valence-corrected chi connectivity index (χ3v) is 6.79. The van der Waals surface area contributed by atoms with Crippen LogP contribution in [0.4, 0.5) is 4.39 Å². The van der Waals surface area contributed by atoms with Crippen molar-refractivity contribution >= 4 is 22.9 Å². The van der Waals surface area contributed by atoms with Crippen molar-refractivity contribution in [3.8, 4) is 11.4 Å². The average Bonchev–Trinajstić information content (AvgIpc) is 3.37. The van der Waals surface area contributed by atoms with Crippen LogP contribution in [0.2, 0.25) is 0 Å². The Morgan fingerprint density at radius 3 is 2.42 bits per heavy atom. The molecule has 1 atom stereocenters. The quantitative estimate of drug-likeness (QED) is 0.294. The van der Waals surface area contributed by atoms with Gasteiger partial charge in [0, 0.05) is 17.8 Å². The van der Waals surface area contributed by atoms with Crippen LogP contribution in [-0.2, 0) is 6.42 Å². The zero-order valence-corrected chi connectivity index (χ0v) is 21.1. The van der Waals surface area contributed by atoms with E-state index in [4.69, 9.17) is 21.7 Å². The van der Waals surface area contributed by atoms with Crippen molar-refractivity contribution in [3.63, 3.8) is 0 Å². The van der Waals surface area contributed by atoms with Crippen LogP contribution in [0.15, 0.2) is 89.1 Å². The van der Waals surface area contributed by atoms with Crippen LogP contribution in [0.3, 0.4) is 0 Å². The van der Waals surface area contributed by atoms with E-state index in [1.54, 1.807) is 12.1 Å². The van der Waals surface area contributed by atoms with Gasteiger partial charge in [-0.15, -0.1) is 0 Å². The predicted molar refractivity (Wildman–Crippen MR) is 143 cm³/mol. The minimum Gasteiger partial charge on any atom is -0.351 e. The van der Waals surface area contributed by atoms with Crippen LogP contribution in [0.1, 0.15) is 42.0 Å². The van der Waals surface area contributed by atoms with Crippen LogP contribution < -0.4 is 5.32 Å². The van der Waals surface area contributed by atoms with Gasteiger partial charge in [0.2, 0.25) is 5.82 Å². The Morgan fingerprint density at radius 2 is 1.69 bits per heavy atom. The van der Waals surface area contributed by atoms with Crippen molar-refractivity contribution in [2.45, 2.75) is 32.7 Å². The highest BCUT2D eigenvalue weighted by molar-refractivity contribution is 7.80. The highest BCUT2D eigenvalue weighted by atomic mass is 32.1. The Bertz CT molecular complexity index is 1380. The smallest absolute Gasteiger partial charge is 0.258 e. The van der Waals surface area contributed by atoms with Gasteiger partial charge >= 0.3 is 0 Å². The monoisotopic (exact) mass is 498 g/mol. The Balaban J connectivity index is 1.49. The summed E-state index contributed by atoms with van der Waals surface area (Å²) >= 11 is 5.81. The largest absolute Gasteiger partial charge is 0.351 e. The first-order valence-electron chi connectivity index (χ1n) is 12.0. The van der Waals surface area contributed by atoms with E-state index in [1.165, 1.54) is 23.3 Å². The van der Waals surface area contributed by atoms with Crippen LogP contribution in [0.5, 0.6) is 0 Å². The van der Waals surface area contributed by atoms with Gasteiger partial charge in [-0.1, -0.05) is 65.3 Å². The molecule has 1 aromatic heterocycles. The predicted octanol–water partition coefficient (Wildman–Crippen LogP) is 6.48. The molecule has 1 aliphatic rings. The lowest BCUT2D eigenvalue weighted by Gasteiger charge is -2.37. The molecule has 36 heavy (non-hydrogen) atoms. The number of hydrogen-bond donors (Lipinski definition) is 1. The fourth-order valence-corrected chi connectivity index (χ4v) is 4.82. The molecule has 5 nitrogen and oxygen atoms in total. The van der Waals surface area contributed by atoms with Gasteiger partial charge in [0.05, 0.1) is 11.6 Å². The van der Waals surface area contributed by atoms with Gasteiger partial charge in [-0.25, -0.2) is 4.39 Å². The summed E-state index contributed by atoms with van der Waals surface area (Å²) < 4.78 is 19.2. The number of aryl methyl sites for hydroxylation is 2. The van der Waals surface area contributed by atoms with E-state index in [1.807, 2.05) is 13.0 Å². The number of thiocarbonyl (C=S) groups is 1. The van der Waals surface area contributed by atoms with Gasteiger partial charge in [-0.05, 0) is 74.3 Å². The topological polar surface area (TPSA) is 54.2 Å². The summed E-state index contributed by atoms with van der Waals surface area (Å²) in [5, 5.41) is 8.37. The SMILES string of the molecule is CC1=C(c2nc(-c3ccc(F)cc3)no2)C(c2ccc(C)cc2)NC(=S)N1CCCc1ccccc1. The van der Waals surface area contributed by atoms with E-state index in [2.05, 4.69) is 70.8 Å². The van der Waals surface area contributed by atoms with Gasteiger partial charge in [0.1, 0.15) is 5.82 Å². The van der Waals surface area contributed by atoms with Crippen LogP contribution >= 0.6 is 12.2 Å². The van der Waals surface area contributed by atoms with Gasteiger partial charge in [-0.3, -0.25) is 0 Å². The number of halogens is 1. The second-order valence-electron chi connectivity index (χ2n) is 8.96. The molecule has 4 aromatic rings. The lowest BCUT2D eigenvalue weighted by molar-refractivity contribution is 0.396. The molecule has 2 heterocycles. The number of rotatable bonds is 7. The molecule has 1 unspecified atom stereocenters. The van der Waals surface area contributed by atoms with Crippen LogP contribution in [-0.4, -0.2) is 26.7 Å². The molecular formula is C29H27FN4OS. The number of allylic oxidation sites excluding steroid dienone is 1. The maximum Gasteiger partial charge on any atom is 0.258 e. The summed E-state index contributed by atoms with van der Waals surface area (Å²) in [6, 6.07) is 24.6. The van der Waals surface area contributed by atoms with E-state index in [-0.39, 0.29) is 11.9 Å². The summed E-state index contributed by atoms with van der Waals surface area (Å²) in [5.41, 5.74) is 6.09. The zero-order chi connectivity index (χ0) is 25.1. The standard InChI is InChI=1S/C29H27FN4OS/c1-19-10-12-22(13-11-19)26-25(28-32-27(33-35-28)23-14-16-24(30)17-15-23)20(2)34(29(36)31-26)18-6-9-21-7-4-3-5-8-21/h3-5,7-8,10-17,26H,6,9,18H2,1-2H3,(H,31,36). The Hall–Kier alpha value is -3.84. The third kappa shape index (κ3) is 5.06. The van der Waals surface area contributed by atoms with Gasteiger partial charge in [0.25, 0.3) is 5.89 Å². The minimum absolute atomic E-state index is 0.231. The van der Waals surface area contributed by atoms with Crippen LogP contribution in [0.25, 0.3) is 17.0 Å². The fourth-order valence-electron chi connectivity index (χ4n) is 4.47. The molecule has 7 heteroatoms. The van der Waals surface area contributed by atoms with Gasteiger partial charge < -0.3 is 14.7 Å². The zero-order valence-electron chi connectivity index (χ0n) is 20.2. The summed E-state index contributed by atoms with van der Waals surface area (Å²) in [6.45, 7) is 4.87. The number of aromatic nitrogens is 2. The molecule has 0 amide bonds. The van der Waals surface area contributed by atoms with E-state index < -0.39 is 0 Å². The van der Waals surface area contributed by atoms with Crippen molar-refractivity contribution in [2.24, 2.45) is 0 Å².